The number of H-pyrrole nitrogens is 1. The fourth-order valence-corrected chi connectivity index (χ4v) is 1.87. The van der Waals surface area contributed by atoms with Crippen molar-refractivity contribution in [2.45, 2.75) is 4.90 Å². The van der Waals surface area contributed by atoms with Crippen molar-refractivity contribution >= 4 is 10.1 Å². The van der Waals surface area contributed by atoms with E-state index < -0.39 is 10.1 Å². The summed E-state index contributed by atoms with van der Waals surface area (Å²) in [6.07, 6.45) is 1.18. The third kappa shape index (κ3) is 2.13. The zero-order valence-corrected chi connectivity index (χ0v) is 8.31. The van der Waals surface area contributed by atoms with Gasteiger partial charge in [0, 0.05) is 0 Å². The number of nitrogens with one attached hydrogen (secondary N) is 1. The minimum absolute atomic E-state index is 0.0769. The summed E-state index contributed by atoms with van der Waals surface area (Å²) in [5.74, 6) is -0.0844. The van der Waals surface area contributed by atoms with Gasteiger partial charge in [0.05, 0.1) is 0 Å². The van der Waals surface area contributed by atoms with Gasteiger partial charge in [0.15, 0.2) is 0 Å². The zero-order chi connectivity index (χ0) is 10.7. The highest BCUT2D eigenvalue weighted by molar-refractivity contribution is 7.87. The molecule has 1 N–H and O–H groups in total. The summed E-state index contributed by atoms with van der Waals surface area (Å²) in [7, 11) is -3.81. The molecule has 0 saturated heterocycles. The molecule has 6 nitrogen and oxygen atoms in total. The fourth-order valence-electron chi connectivity index (χ4n) is 0.979. The predicted octanol–water partition coefficient (Wildman–Crippen LogP) is 0.572. The molecule has 0 bridgehead atoms. The Hall–Kier alpha value is -1.89. The van der Waals surface area contributed by atoms with Gasteiger partial charge in [0.25, 0.3) is 5.88 Å². The van der Waals surface area contributed by atoms with Crippen LogP contribution in [-0.2, 0) is 10.1 Å². The predicted molar refractivity (Wildman–Crippen MR) is 50.6 cm³/mol. The van der Waals surface area contributed by atoms with Crippen LogP contribution < -0.4 is 4.18 Å². The summed E-state index contributed by atoms with van der Waals surface area (Å²) in [4.78, 5) is 0.0769. The Labute approximate surface area is 86.0 Å². The zero-order valence-electron chi connectivity index (χ0n) is 7.49. The highest BCUT2D eigenvalue weighted by atomic mass is 32.2. The lowest BCUT2D eigenvalue weighted by Crippen LogP contribution is -2.09. The maximum absolute atomic E-state index is 11.6. The van der Waals surface area contributed by atoms with Crippen LogP contribution in [0.3, 0.4) is 0 Å². The topological polar surface area (TPSA) is 84.9 Å². The molecule has 0 aliphatic heterocycles. The lowest BCUT2D eigenvalue weighted by Gasteiger charge is -2.02. The minimum Gasteiger partial charge on any atom is -0.355 e. The molecule has 0 fully saturated rings. The molecule has 1 heterocycles. The maximum Gasteiger partial charge on any atom is 0.340 e. The van der Waals surface area contributed by atoms with Gasteiger partial charge in [-0.05, 0) is 12.1 Å². The normalized spacial score (nSPS) is 11.2. The van der Waals surface area contributed by atoms with E-state index in [4.69, 9.17) is 4.18 Å². The molecule has 0 aliphatic carbocycles. The van der Waals surface area contributed by atoms with Crippen LogP contribution in [0.2, 0.25) is 0 Å². The SMILES string of the molecule is O=S(=O)(Oc1cn[nH]n1)c1ccccc1. The third-order valence-electron chi connectivity index (χ3n) is 1.62. The number of rotatable bonds is 3. The quantitative estimate of drug-likeness (QED) is 0.772. The van der Waals surface area contributed by atoms with Crippen LogP contribution in [0.15, 0.2) is 41.4 Å². The van der Waals surface area contributed by atoms with Crippen molar-refractivity contribution in [3.63, 3.8) is 0 Å². The first-order valence-corrected chi connectivity index (χ1v) is 5.44. The second-order valence-electron chi connectivity index (χ2n) is 2.66. The Kier molecular flexibility index (Phi) is 2.38. The smallest absolute Gasteiger partial charge is 0.340 e. The molecule has 0 saturated carbocycles. The van der Waals surface area contributed by atoms with Crippen LogP contribution in [0.1, 0.15) is 0 Å². The summed E-state index contributed by atoms with van der Waals surface area (Å²) in [5.41, 5.74) is 0. The molecule has 0 aliphatic rings. The Balaban J connectivity index is 2.29. The minimum atomic E-state index is -3.81. The Morgan fingerprint density at radius 3 is 2.53 bits per heavy atom. The third-order valence-corrected chi connectivity index (χ3v) is 2.86. The first-order chi connectivity index (χ1) is 7.18. The molecular weight excluding hydrogens is 218 g/mol. The molecule has 0 amide bonds. The second-order valence-corrected chi connectivity index (χ2v) is 4.21. The Morgan fingerprint density at radius 2 is 1.93 bits per heavy atom. The number of nitrogens with zero attached hydrogens (tertiary/aromatic N) is 2. The molecule has 2 aromatic rings. The van der Waals surface area contributed by atoms with E-state index >= 15 is 0 Å². The van der Waals surface area contributed by atoms with E-state index in [1.54, 1.807) is 18.2 Å². The van der Waals surface area contributed by atoms with Crippen molar-refractivity contribution in [2.75, 3.05) is 0 Å². The summed E-state index contributed by atoms with van der Waals surface area (Å²) < 4.78 is 27.9. The van der Waals surface area contributed by atoms with E-state index in [-0.39, 0.29) is 10.8 Å². The van der Waals surface area contributed by atoms with Crippen molar-refractivity contribution in [3.05, 3.63) is 36.5 Å². The number of hydrogen-bond donors (Lipinski definition) is 1. The van der Waals surface area contributed by atoms with Gasteiger partial charge in [-0.25, -0.2) is 0 Å². The number of aromatic amines is 1. The molecule has 78 valence electrons. The first kappa shape index (κ1) is 9.66. The highest BCUT2D eigenvalue weighted by Gasteiger charge is 2.16. The molecule has 0 spiro atoms. The van der Waals surface area contributed by atoms with Crippen molar-refractivity contribution in [2.24, 2.45) is 0 Å². The summed E-state index contributed by atoms with van der Waals surface area (Å²) in [6, 6.07) is 7.82. The molecule has 0 radical (unpaired) electrons. The average molecular weight is 225 g/mol. The van der Waals surface area contributed by atoms with Crippen LogP contribution in [0.5, 0.6) is 5.88 Å². The van der Waals surface area contributed by atoms with Crippen molar-refractivity contribution < 1.29 is 12.6 Å². The lowest BCUT2D eigenvalue weighted by molar-refractivity contribution is 0.475. The van der Waals surface area contributed by atoms with E-state index in [2.05, 4.69) is 15.4 Å². The van der Waals surface area contributed by atoms with Crippen LogP contribution in [0.25, 0.3) is 0 Å². The van der Waals surface area contributed by atoms with Crippen LogP contribution in [0.4, 0.5) is 0 Å². The van der Waals surface area contributed by atoms with Crippen molar-refractivity contribution in [1.82, 2.24) is 15.4 Å². The van der Waals surface area contributed by atoms with Gasteiger partial charge in [-0.3, -0.25) is 0 Å². The molecular formula is C8H7N3O3S. The van der Waals surface area contributed by atoms with Gasteiger partial charge in [-0.15, -0.1) is 5.10 Å². The molecule has 7 heteroatoms. The van der Waals surface area contributed by atoms with Gasteiger partial charge < -0.3 is 4.18 Å². The van der Waals surface area contributed by atoms with Crippen LogP contribution >= 0.6 is 0 Å². The van der Waals surface area contributed by atoms with E-state index in [9.17, 15) is 8.42 Å². The molecule has 15 heavy (non-hydrogen) atoms. The van der Waals surface area contributed by atoms with Gasteiger partial charge in [-0.2, -0.15) is 18.7 Å². The molecule has 1 aromatic carbocycles. The average Bonchev–Trinajstić information content (AvgIpc) is 2.71. The maximum atomic E-state index is 11.6. The molecule has 1 aromatic heterocycles. The summed E-state index contributed by atoms with van der Waals surface area (Å²) >= 11 is 0. The standard InChI is InChI=1S/C8H7N3O3S/c12-15(13,7-4-2-1-3-5-7)14-8-6-9-11-10-8/h1-6H,(H,9,10,11). The van der Waals surface area contributed by atoms with E-state index in [0.29, 0.717) is 0 Å². The summed E-state index contributed by atoms with van der Waals surface area (Å²) in [6.45, 7) is 0. The summed E-state index contributed by atoms with van der Waals surface area (Å²) in [5, 5.41) is 9.18. The largest absolute Gasteiger partial charge is 0.355 e. The number of hydrogen-bond acceptors (Lipinski definition) is 5. The van der Waals surface area contributed by atoms with Gasteiger partial charge in [0.1, 0.15) is 11.1 Å². The van der Waals surface area contributed by atoms with Crippen molar-refractivity contribution in [1.29, 1.82) is 0 Å². The van der Waals surface area contributed by atoms with E-state index in [1.807, 2.05) is 0 Å². The fraction of sp³-hybridized carbons (Fsp3) is 0. The van der Waals surface area contributed by atoms with Gasteiger partial charge in [0.2, 0.25) is 0 Å². The van der Waals surface area contributed by atoms with Gasteiger partial charge in [-0.1, -0.05) is 18.2 Å². The lowest BCUT2D eigenvalue weighted by atomic mass is 10.4. The molecule has 2 rings (SSSR count). The van der Waals surface area contributed by atoms with E-state index in [1.165, 1.54) is 18.3 Å². The highest BCUT2D eigenvalue weighted by Crippen LogP contribution is 2.14. The number of benzene rings is 1. The second kappa shape index (κ2) is 3.70. The molecule has 0 atom stereocenters. The number of aromatic nitrogens is 3. The Bertz CT molecular complexity index is 522. The molecule has 0 unspecified atom stereocenters. The van der Waals surface area contributed by atoms with E-state index in [0.717, 1.165) is 0 Å². The van der Waals surface area contributed by atoms with Crippen LogP contribution in [0, 0.1) is 0 Å². The Morgan fingerprint density at radius 1 is 1.20 bits per heavy atom. The van der Waals surface area contributed by atoms with Crippen molar-refractivity contribution in [3.8, 4) is 5.88 Å². The monoisotopic (exact) mass is 225 g/mol. The first-order valence-electron chi connectivity index (χ1n) is 4.04. The van der Waals surface area contributed by atoms with Gasteiger partial charge >= 0.3 is 10.1 Å². The van der Waals surface area contributed by atoms with Crippen LogP contribution in [-0.4, -0.2) is 23.8 Å².